The molecule has 134 valence electrons. The SMILES string of the molecule is O=C(O)C(c1c[nH]c2ccc(OCc3ccccc3)cc12)N1CCCC1. The van der Waals surface area contributed by atoms with Gasteiger partial charge in [0.15, 0.2) is 0 Å². The number of ether oxygens (including phenoxy) is 1. The number of hydrogen-bond donors (Lipinski definition) is 2. The third-order valence-electron chi connectivity index (χ3n) is 4.97. The highest BCUT2D eigenvalue weighted by molar-refractivity contribution is 5.90. The Hall–Kier alpha value is -2.79. The fourth-order valence-corrected chi connectivity index (χ4v) is 3.66. The lowest BCUT2D eigenvalue weighted by molar-refractivity contribution is -0.143. The van der Waals surface area contributed by atoms with Crippen LogP contribution in [-0.2, 0) is 11.4 Å². The number of aromatic amines is 1. The molecule has 2 aromatic carbocycles. The molecule has 3 aromatic rings. The zero-order valence-corrected chi connectivity index (χ0v) is 14.5. The van der Waals surface area contributed by atoms with Crippen LogP contribution in [0.1, 0.15) is 30.0 Å². The van der Waals surface area contributed by atoms with Crippen LogP contribution in [0.2, 0.25) is 0 Å². The van der Waals surface area contributed by atoms with Crippen molar-refractivity contribution in [1.82, 2.24) is 9.88 Å². The number of nitrogens with zero attached hydrogens (tertiary/aromatic N) is 1. The molecule has 1 atom stereocenters. The minimum atomic E-state index is -0.802. The number of carboxylic acids is 1. The van der Waals surface area contributed by atoms with Gasteiger partial charge >= 0.3 is 5.97 Å². The van der Waals surface area contributed by atoms with Gasteiger partial charge in [-0.2, -0.15) is 0 Å². The molecule has 1 aromatic heterocycles. The van der Waals surface area contributed by atoms with Crippen LogP contribution in [-0.4, -0.2) is 34.0 Å². The van der Waals surface area contributed by atoms with Crippen LogP contribution in [0.25, 0.3) is 10.9 Å². The van der Waals surface area contributed by atoms with Crippen LogP contribution < -0.4 is 4.74 Å². The van der Waals surface area contributed by atoms with Crippen LogP contribution >= 0.6 is 0 Å². The third kappa shape index (κ3) is 3.30. The van der Waals surface area contributed by atoms with E-state index in [1.165, 1.54) is 0 Å². The topological polar surface area (TPSA) is 65.6 Å². The van der Waals surface area contributed by atoms with E-state index in [4.69, 9.17) is 4.74 Å². The number of aliphatic carboxylic acids is 1. The van der Waals surface area contributed by atoms with E-state index in [1.54, 1.807) is 0 Å². The van der Waals surface area contributed by atoms with Crippen molar-refractivity contribution in [2.45, 2.75) is 25.5 Å². The van der Waals surface area contributed by atoms with Crippen LogP contribution in [0, 0.1) is 0 Å². The maximum absolute atomic E-state index is 11.9. The van der Waals surface area contributed by atoms with E-state index in [9.17, 15) is 9.90 Å². The predicted octanol–water partition coefficient (Wildman–Crippen LogP) is 3.97. The highest BCUT2D eigenvalue weighted by Gasteiger charge is 2.31. The Balaban J connectivity index is 1.62. The van der Waals surface area contributed by atoms with Crippen molar-refractivity contribution in [3.8, 4) is 5.75 Å². The number of rotatable bonds is 6. The standard InChI is InChI=1S/C21H22N2O3/c24-21(25)20(23-10-4-5-11-23)18-13-22-19-9-8-16(12-17(18)19)26-14-15-6-2-1-3-7-15/h1-3,6-9,12-13,20,22H,4-5,10-11,14H2,(H,24,25). The van der Waals surface area contributed by atoms with Gasteiger partial charge in [-0.05, 0) is 49.7 Å². The van der Waals surface area contributed by atoms with Gasteiger partial charge in [0.1, 0.15) is 18.4 Å². The molecule has 5 heteroatoms. The molecular weight excluding hydrogens is 328 g/mol. The molecule has 0 amide bonds. The van der Waals surface area contributed by atoms with E-state index < -0.39 is 12.0 Å². The Labute approximate surface area is 152 Å². The second-order valence-corrected chi connectivity index (χ2v) is 6.71. The first-order chi connectivity index (χ1) is 12.7. The van der Waals surface area contributed by atoms with Gasteiger partial charge < -0.3 is 14.8 Å². The molecule has 1 aliphatic heterocycles. The van der Waals surface area contributed by atoms with Gasteiger partial charge in [-0.1, -0.05) is 30.3 Å². The van der Waals surface area contributed by atoms with Gasteiger partial charge in [0.2, 0.25) is 0 Å². The van der Waals surface area contributed by atoms with Crippen LogP contribution in [0.15, 0.2) is 54.7 Å². The van der Waals surface area contributed by atoms with Crippen molar-refractivity contribution in [2.75, 3.05) is 13.1 Å². The van der Waals surface area contributed by atoms with Crippen LogP contribution in [0.4, 0.5) is 0 Å². The van der Waals surface area contributed by atoms with Gasteiger partial charge in [0.05, 0.1) is 0 Å². The minimum absolute atomic E-state index is 0.487. The molecule has 1 saturated heterocycles. The predicted molar refractivity (Wildman–Crippen MR) is 100 cm³/mol. The van der Waals surface area contributed by atoms with Crippen molar-refractivity contribution in [2.24, 2.45) is 0 Å². The van der Waals surface area contributed by atoms with E-state index in [0.717, 1.165) is 53.7 Å². The number of carboxylic acid groups (broad SMARTS) is 1. The molecule has 0 aliphatic carbocycles. The minimum Gasteiger partial charge on any atom is -0.489 e. The number of carbonyl (C=O) groups is 1. The molecule has 0 saturated carbocycles. The fourth-order valence-electron chi connectivity index (χ4n) is 3.66. The molecule has 5 nitrogen and oxygen atoms in total. The molecule has 0 radical (unpaired) electrons. The Morgan fingerprint density at radius 1 is 1.15 bits per heavy atom. The summed E-state index contributed by atoms with van der Waals surface area (Å²) < 4.78 is 5.92. The van der Waals surface area contributed by atoms with Crippen molar-refractivity contribution in [1.29, 1.82) is 0 Å². The summed E-state index contributed by atoms with van der Waals surface area (Å²) in [7, 11) is 0. The molecule has 4 rings (SSSR count). The molecule has 0 bridgehead atoms. The first-order valence-corrected chi connectivity index (χ1v) is 8.97. The second kappa shape index (κ2) is 7.22. The zero-order valence-electron chi connectivity index (χ0n) is 14.5. The average molecular weight is 350 g/mol. The molecule has 0 spiro atoms. The van der Waals surface area contributed by atoms with Crippen molar-refractivity contribution < 1.29 is 14.6 Å². The zero-order chi connectivity index (χ0) is 17.9. The van der Waals surface area contributed by atoms with E-state index in [1.807, 2.05) is 59.6 Å². The normalized spacial score (nSPS) is 16.0. The van der Waals surface area contributed by atoms with E-state index >= 15 is 0 Å². The van der Waals surface area contributed by atoms with Crippen molar-refractivity contribution >= 4 is 16.9 Å². The summed E-state index contributed by atoms with van der Waals surface area (Å²) in [4.78, 5) is 17.2. The smallest absolute Gasteiger partial charge is 0.325 e. The largest absolute Gasteiger partial charge is 0.489 e. The van der Waals surface area contributed by atoms with Crippen LogP contribution in [0.3, 0.4) is 0 Å². The van der Waals surface area contributed by atoms with Gasteiger partial charge in [-0.25, -0.2) is 0 Å². The third-order valence-corrected chi connectivity index (χ3v) is 4.97. The quantitative estimate of drug-likeness (QED) is 0.706. The number of H-pyrrole nitrogens is 1. The number of benzene rings is 2. The molecule has 1 aliphatic rings. The highest BCUT2D eigenvalue weighted by Crippen LogP contribution is 2.33. The summed E-state index contributed by atoms with van der Waals surface area (Å²) in [6, 6.07) is 15.2. The maximum Gasteiger partial charge on any atom is 0.325 e. The molecular formula is C21H22N2O3. The molecule has 1 unspecified atom stereocenters. The summed E-state index contributed by atoms with van der Waals surface area (Å²) >= 11 is 0. The summed E-state index contributed by atoms with van der Waals surface area (Å²) in [5, 5.41) is 10.7. The molecule has 1 fully saturated rings. The molecule has 2 N–H and O–H groups in total. The number of likely N-dealkylation sites (tertiary alicyclic amines) is 1. The number of aromatic nitrogens is 1. The maximum atomic E-state index is 11.9. The number of hydrogen-bond acceptors (Lipinski definition) is 3. The van der Waals surface area contributed by atoms with E-state index in [-0.39, 0.29) is 0 Å². The Bertz CT molecular complexity index is 898. The second-order valence-electron chi connectivity index (χ2n) is 6.71. The fraction of sp³-hybridized carbons (Fsp3) is 0.286. The van der Waals surface area contributed by atoms with Gasteiger partial charge in [0, 0.05) is 22.7 Å². The van der Waals surface area contributed by atoms with Crippen LogP contribution in [0.5, 0.6) is 5.75 Å². The van der Waals surface area contributed by atoms with Gasteiger partial charge in [0.25, 0.3) is 0 Å². The van der Waals surface area contributed by atoms with Gasteiger partial charge in [-0.3, -0.25) is 9.69 Å². The summed E-state index contributed by atoms with van der Waals surface area (Å²) in [5.41, 5.74) is 2.83. The Morgan fingerprint density at radius 3 is 2.65 bits per heavy atom. The monoisotopic (exact) mass is 350 g/mol. The lowest BCUT2D eigenvalue weighted by Crippen LogP contribution is -2.31. The number of fused-ring (bicyclic) bond motifs is 1. The molecule has 2 heterocycles. The van der Waals surface area contributed by atoms with Crippen molar-refractivity contribution in [3.05, 3.63) is 65.9 Å². The number of nitrogens with one attached hydrogen (secondary N) is 1. The Morgan fingerprint density at radius 2 is 1.92 bits per heavy atom. The summed E-state index contributed by atoms with van der Waals surface area (Å²) in [6.45, 7) is 2.14. The molecule has 26 heavy (non-hydrogen) atoms. The van der Waals surface area contributed by atoms with E-state index in [0.29, 0.717) is 6.61 Å². The lowest BCUT2D eigenvalue weighted by atomic mass is 10.0. The summed E-state index contributed by atoms with van der Waals surface area (Å²) in [5.74, 6) is -0.0591. The van der Waals surface area contributed by atoms with E-state index in [2.05, 4.69) is 4.98 Å². The first-order valence-electron chi connectivity index (χ1n) is 8.97. The Kier molecular flexibility index (Phi) is 4.63. The highest BCUT2D eigenvalue weighted by atomic mass is 16.5. The van der Waals surface area contributed by atoms with Crippen molar-refractivity contribution in [3.63, 3.8) is 0 Å². The average Bonchev–Trinajstić information content (AvgIpc) is 3.32. The lowest BCUT2D eigenvalue weighted by Gasteiger charge is -2.23. The first kappa shape index (κ1) is 16.7. The van der Waals surface area contributed by atoms with Gasteiger partial charge in [-0.15, -0.1) is 0 Å². The summed E-state index contributed by atoms with van der Waals surface area (Å²) in [6.07, 6.45) is 3.93.